The van der Waals surface area contributed by atoms with E-state index in [0.29, 0.717) is 0 Å². The van der Waals surface area contributed by atoms with Gasteiger partial charge in [0.1, 0.15) is 0 Å². The molecule has 0 fully saturated rings. The van der Waals surface area contributed by atoms with Crippen molar-refractivity contribution >= 4 is 26.2 Å². The van der Waals surface area contributed by atoms with Crippen molar-refractivity contribution in [2.45, 2.75) is 16.9 Å². The number of carbonyl (C=O) groups is 1. The Hall–Kier alpha value is -0.710. The second-order valence-electron chi connectivity index (χ2n) is 2.61. The van der Waals surface area contributed by atoms with E-state index in [-0.39, 0.29) is 0 Å². The number of hydrogen-bond acceptors (Lipinski definition) is 5. The zero-order valence-corrected chi connectivity index (χ0v) is 8.95. The number of carboxylic acid groups (broad SMARTS) is 1. The van der Waals surface area contributed by atoms with Gasteiger partial charge in [-0.2, -0.15) is 16.8 Å². The molecule has 0 aliphatic carbocycles. The van der Waals surface area contributed by atoms with Crippen molar-refractivity contribution in [3.8, 4) is 0 Å². The quantitative estimate of drug-likeness (QED) is 0.543. The maximum Gasteiger partial charge on any atom is 0.346 e. The molecule has 15 heavy (non-hydrogen) atoms. The summed E-state index contributed by atoms with van der Waals surface area (Å²) in [4.78, 5) is 10.6. The zero-order chi connectivity index (χ0) is 12.5. The molecule has 0 aromatic heterocycles. The Morgan fingerprint density at radius 3 is 1.53 bits per heavy atom. The molecule has 0 rings (SSSR count). The summed E-state index contributed by atoms with van der Waals surface area (Å²) in [6, 6.07) is 0. The minimum atomic E-state index is -5.52. The molecule has 0 saturated carbocycles. The highest BCUT2D eigenvalue weighted by Gasteiger charge is 2.61. The van der Waals surface area contributed by atoms with Gasteiger partial charge in [0.15, 0.2) is 0 Å². The van der Waals surface area contributed by atoms with Crippen molar-refractivity contribution in [2.24, 2.45) is 0 Å². The van der Waals surface area contributed by atoms with Gasteiger partial charge in [0.25, 0.3) is 20.2 Å². The SMILES string of the molecule is [CH2]CCC(C(=O)O)(S(=O)(=O)O)S(=O)(=O)O. The summed E-state index contributed by atoms with van der Waals surface area (Å²) >= 11 is 0. The first-order valence-electron chi connectivity index (χ1n) is 3.47. The molecule has 0 unspecified atom stereocenters. The van der Waals surface area contributed by atoms with Crippen LogP contribution >= 0.6 is 0 Å². The van der Waals surface area contributed by atoms with Crippen LogP contribution in [0.3, 0.4) is 0 Å². The van der Waals surface area contributed by atoms with Crippen LogP contribution in [-0.4, -0.2) is 41.1 Å². The summed E-state index contributed by atoms with van der Waals surface area (Å²) in [6.07, 6.45) is -1.48. The second kappa shape index (κ2) is 4.04. The molecule has 1 radical (unpaired) electrons. The Morgan fingerprint density at radius 2 is 1.47 bits per heavy atom. The Kier molecular flexibility index (Phi) is 3.85. The van der Waals surface area contributed by atoms with E-state index >= 15 is 0 Å². The molecule has 0 atom stereocenters. The fourth-order valence-corrected chi connectivity index (χ4v) is 3.26. The number of carboxylic acids is 1. The molecule has 0 bridgehead atoms. The van der Waals surface area contributed by atoms with E-state index in [1.54, 1.807) is 0 Å². The monoisotopic (exact) mass is 261 g/mol. The standard InChI is InChI=1S/C5H9O8S2/c1-2-3-5(4(6)7,14(8,9)10)15(11,12)13/h1-3H2,(H,6,7)(H,8,9,10)(H,11,12,13). The lowest BCUT2D eigenvalue weighted by Crippen LogP contribution is -2.52. The maximum atomic E-state index is 10.7. The average molecular weight is 261 g/mol. The maximum absolute atomic E-state index is 10.7. The van der Waals surface area contributed by atoms with Crippen molar-refractivity contribution in [3.63, 3.8) is 0 Å². The van der Waals surface area contributed by atoms with Crippen LogP contribution in [-0.2, 0) is 25.0 Å². The predicted molar refractivity (Wildman–Crippen MR) is 48.1 cm³/mol. The van der Waals surface area contributed by atoms with E-state index < -0.39 is 43.1 Å². The second-order valence-corrected chi connectivity index (χ2v) is 6.16. The minimum absolute atomic E-state index is 0.425. The lowest BCUT2D eigenvalue weighted by atomic mass is 10.2. The molecule has 0 aromatic rings. The molecular weight excluding hydrogens is 252 g/mol. The highest BCUT2D eigenvalue weighted by Crippen LogP contribution is 2.29. The Labute approximate surface area is 86.4 Å². The van der Waals surface area contributed by atoms with Gasteiger partial charge in [-0.3, -0.25) is 9.11 Å². The average Bonchev–Trinajstić information content (AvgIpc) is 1.93. The third-order valence-corrected chi connectivity index (χ3v) is 5.35. The lowest BCUT2D eigenvalue weighted by Gasteiger charge is -2.21. The molecule has 0 amide bonds. The fraction of sp³-hybridized carbons (Fsp3) is 0.600. The smallest absolute Gasteiger partial charge is 0.346 e. The van der Waals surface area contributed by atoms with E-state index in [1.165, 1.54) is 0 Å². The first-order chi connectivity index (χ1) is 6.50. The van der Waals surface area contributed by atoms with Gasteiger partial charge < -0.3 is 5.11 Å². The van der Waals surface area contributed by atoms with E-state index in [2.05, 4.69) is 6.92 Å². The van der Waals surface area contributed by atoms with Crippen LogP contribution in [0, 0.1) is 6.92 Å². The van der Waals surface area contributed by atoms with Gasteiger partial charge in [-0.1, -0.05) is 6.92 Å². The van der Waals surface area contributed by atoms with Crippen LogP contribution in [0.15, 0.2) is 0 Å². The first kappa shape index (κ1) is 14.3. The van der Waals surface area contributed by atoms with Crippen molar-refractivity contribution in [2.75, 3.05) is 0 Å². The fourth-order valence-electron chi connectivity index (χ4n) is 0.951. The Balaban J connectivity index is 6.10. The van der Waals surface area contributed by atoms with E-state index in [4.69, 9.17) is 14.2 Å². The minimum Gasteiger partial charge on any atom is -0.479 e. The summed E-state index contributed by atoms with van der Waals surface area (Å²) < 4.78 is 56.5. The van der Waals surface area contributed by atoms with Crippen LogP contribution < -0.4 is 0 Å². The first-order valence-corrected chi connectivity index (χ1v) is 6.35. The van der Waals surface area contributed by atoms with Crippen molar-refractivity contribution in [1.82, 2.24) is 0 Å². The van der Waals surface area contributed by atoms with Crippen LogP contribution in [0.25, 0.3) is 0 Å². The van der Waals surface area contributed by atoms with Crippen molar-refractivity contribution in [3.05, 3.63) is 6.92 Å². The topological polar surface area (TPSA) is 146 Å². The summed E-state index contributed by atoms with van der Waals surface area (Å²) in [7, 11) is -11.0. The molecule has 0 spiro atoms. The summed E-state index contributed by atoms with van der Waals surface area (Å²) in [5.74, 6) is -2.38. The van der Waals surface area contributed by atoms with Crippen LogP contribution in [0.1, 0.15) is 12.8 Å². The third kappa shape index (κ3) is 2.27. The van der Waals surface area contributed by atoms with Gasteiger partial charge in [0.2, 0.25) is 0 Å². The van der Waals surface area contributed by atoms with Gasteiger partial charge in [0, 0.05) is 0 Å². The highest BCUT2D eigenvalue weighted by atomic mass is 32.3. The summed E-state index contributed by atoms with van der Waals surface area (Å²) in [5, 5.41) is 8.52. The molecule has 0 aliphatic heterocycles. The Morgan fingerprint density at radius 1 is 1.13 bits per heavy atom. The van der Waals surface area contributed by atoms with Crippen LogP contribution in [0.4, 0.5) is 0 Å². The zero-order valence-electron chi connectivity index (χ0n) is 7.32. The molecule has 0 saturated heterocycles. The van der Waals surface area contributed by atoms with E-state index in [9.17, 15) is 21.6 Å². The van der Waals surface area contributed by atoms with Crippen LogP contribution in [0.2, 0.25) is 0 Å². The van der Waals surface area contributed by atoms with Crippen molar-refractivity contribution < 1.29 is 35.8 Å². The van der Waals surface area contributed by atoms with Gasteiger partial charge in [-0.05, 0) is 12.8 Å². The van der Waals surface area contributed by atoms with Gasteiger partial charge in [0.05, 0.1) is 0 Å². The molecule has 89 valence electrons. The number of rotatable bonds is 5. The van der Waals surface area contributed by atoms with Gasteiger partial charge in [-0.25, -0.2) is 4.79 Å². The highest BCUT2D eigenvalue weighted by molar-refractivity contribution is 8.06. The lowest BCUT2D eigenvalue weighted by molar-refractivity contribution is -0.138. The summed E-state index contributed by atoms with van der Waals surface area (Å²) in [6.45, 7) is 3.07. The largest absolute Gasteiger partial charge is 0.479 e. The van der Waals surface area contributed by atoms with Crippen molar-refractivity contribution in [1.29, 1.82) is 0 Å². The molecule has 8 nitrogen and oxygen atoms in total. The Bertz CT molecular complexity index is 411. The normalized spacial score (nSPS) is 13.8. The van der Waals surface area contributed by atoms with E-state index in [1.807, 2.05) is 0 Å². The molecule has 0 heterocycles. The van der Waals surface area contributed by atoms with Gasteiger partial charge >= 0.3 is 10.0 Å². The summed E-state index contributed by atoms with van der Waals surface area (Å²) in [5.41, 5.74) is 0. The molecular formula is C5H9O8S2. The number of hydrogen-bond donors (Lipinski definition) is 3. The third-order valence-electron chi connectivity index (χ3n) is 1.67. The van der Waals surface area contributed by atoms with E-state index in [0.717, 1.165) is 0 Å². The number of aliphatic carboxylic acids is 1. The van der Waals surface area contributed by atoms with Gasteiger partial charge in [-0.15, -0.1) is 0 Å². The molecule has 3 N–H and O–H groups in total. The van der Waals surface area contributed by atoms with Crippen LogP contribution in [0.5, 0.6) is 0 Å². The molecule has 0 aromatic carbocycles. The molecule has 10 heteroatoms. The predicted octanol–water partition coefficient (Wildman–Crippen LogP) is -0.843. The molecule has 0 aliphatic rings.